The van der Waals surface area contributed by atoms with Crippen molar-refractivity contribution in [1.82, 2.24) is 0 Å². The van der Waals surface area contributed by atoms with E-state index in [1.807, 2.05) is 55.5 Å². The molecule has 1 unspecified atom stereocenters. The molecule has 0 radical (unpaired) electrons. The lowest BCUT2D eigenvalue weighted by Crippen LogP contribution is -2.11. The van der Waals surface area contributed by atoms with Crippen LogP contribution < -0.4 is 5.32 Å². The number of ether oxygens (including phenoxy) is 1. The van der Waals surface area contributed by atoms with Crippen molar-refractivity contribution in [1.29, 1.82) is 5.26 Å². The normalized spacial score (nSPS) is 11.7. The first-order valence-electron chi connectivity index (χ1n) is 6.54. The van der Waals surface area contributed by atoms with Crippen LogP contribution in [0.2, 0.25) is 0 Å². The molecule has 2 aromatic rings. The molecule has 0 aromatic heterocycles. The summed E-state index contributed by atoms with van der Waals surface area (Å²) in [6.07, 6.45) is 0. The molecule has 0 aliphatic carbocycles. The summed E-state index contributed by atoms with van der Waals surface area (Å²) in [7, 11) is 1.66. The van der Waals surface area contributed by atoms with Gasteiger partial charge in [-0.25, -0.2) is 0 Å². The monoisotopic (exact) mass is 266 g/mol. The third kappa shape index (κ3) is 3.37. The molecule has 20 heavy (non-hydrogen) atoms. The van der Waals surface area contributed by atoms with Gasteiger partial charge in [-0.1, -0.05) is 42.0 Å². The van der Waals surface area contributed by atoms with Crippen molar-refractivity contribution >= 4 is 5.69 Å². The molecule has 2 rings (SSSR count). The van der Waals surface area contributed by atoms with Crippen molar-refractivity contribution in [3.05, 3.63) is 65.2 Å². The minimum absolute atomic E-state index is 0.385. The van der Waals surface area contributed by atoms with E-state index in [0.717, 1.165) is 16.8 Å². The zero-order valence-electron chi connectivity index (χ0n) is 11.8. The van der Waals surface area contributed by atoms with Gasteiger partial charge < -0.3 is 10.1 Å². The minimum atomic E-state index is -0.385. The van der Waals surface area contributed by atoms with E-state index in [0.29, 0.717) is 6.61 Å². The van der Waals surface area contributed by atoms with E-state index in [9.17, 15) is 5.26 Å². The molecule has 0 heterocycles. The van der Waals surface area contributed by atoms with E-state index < -0.39 is 0 Å². The molecule has 0 saturated heterocycles. The van der Waals surface area contributed by atoms with E-state index in [-0.39, 0.29) is 6.04 Å². The van der Waals surface area contributed by atoms with Gasteiger partial charge in [0.05, 0.1) is 12.7 Å². The number of anilines is 1. The van der Waals surface area contributed by atoms with Crippen LogP contribution in [-0.2, 0) is 11.3 Å². The number of nitrogens with zero attached hydrogens (tertiary/aromatic N) is 1. The zero-order valence-corrected chi connectivity index (χ0v) is 11.8. The highest BCUT2D eigenvalue weighted by molar-refractivity contribution is 5.49. The Hall–Kier alpha value is -2.31. The maximum Gasteiger partial charge on any atom is 0.140 e. The largest absolute Gasteiger partial charge is 0.380 e. The number of nitriles is 1. The van der Waals surface area contributed by atoms with Gasteiger partial charge in [0.25, 0.3) is 0 Å². The van der Waals surface area contributed by atoms with Gasteiger partial charge in [0.1, 0.15) is 6.04 Å². The maximum atomic E-state index is 9.43. The van der Waals surface area contributed by atoms with Gasteiger partial charge in [-0.3, -0.25) is 0 Å². The van der Waals surface area contributed by atoms with Crippen molar-refractivity contribution in [2.45, 2.75) is 19.6 Å². The standard InChI is InChI=1S/C17H18N2O/c1-13-7-9-15(10-8-13)19-17(11-18)16-6-4-3-5-14(16)12-20-2/h3-10,17,19H,12H2,1-2H3. The molecule has 0 aliphatic heterocycles. The number of benzene rings is 2. The third-order valence-electron chi connectivity index (χ3n) is 3.16. The first-order chi connectivity index (χ1) is 9.74. The van der Waals surface area contributed by atoms with Gasteiger partial charge in [-0.2, -0.15) is 5.26 Å². The second kappa shape index (κ2) is 6.74. The Morgan fingerprint density at radius 2 is 1.85 bits per heavy atom. The van der Waals surface area contributed by atoms with Crippen LogP contribution in [0.1, 0.15) is 22.7 Å². The summed E-state index contributed by atoms with van der Waals surface area (Å²) in [5.74, 6) is 0. The zero-order chi connectivity index (χ0) is 14.4. The molecule has 1 N–H and O–H groups in total. The molecular weight excluding hydrogens is 248 g/mol. The van der Waals surface area contributed by atoms with Crippen LogP contribution in [0.4, 0.5) is 5.69 Å². The van der Waals surface area contributed by atoms with Crippen LogP contribution in [0, 0.1) is 18.3 Å². The van der Waals surface area contributed by atoms with E-state index in [2.05, 4.69) is 11.4 Å². The Morgan fingerprint density at radius 3 is 2.50 bits per heavy atom. The average Bonchev–Trinajstić information content (AvgIpc) is 2.48. The highest BCUT2D eigenvalue weighted by atomic mass is 16.5. The fourth-order valence-electron chi connectivity index (χ4n) is 2.10. The van der Waals surface area contributed by atoms with Gasteiger partial charge in [-0.15, -0.1) is 0 Å². The van der Waals surface area contributed by atoms with Crippen molar-refractivity contribution in [2.75, 3.05) is 12.4 Å². The van der Waals surface area contributed by atoms with Crippen LogP contribution in [0.25, 0.3) is 0 Å². The van der Waals surface area contributed by atoms with Crippen molar-refractivity contribution in [3.63, 3.8) is 0 Å². The molecule has 3 nitrogen and oxygen atoms in total. The number of aryl methyl sites for hydroxylation is 1. The predicted molar refractivity (Wildman–Crippen MR) is 80.3 cm³/mol. The van der Waals surface area contributed by atoms with E-state index in [1.165, 1.54) is 5.56 Å². The van der Waals surface area contributed by atoms with E-state index in [4.69, 9.17) is 4.74 Å². The lowest BCUT2D eigenvalue weighted by molar-refractivity contribution is 0.184. The summed E-state index contributed by atoms with van der Waals surface area (Å²) in [4.78, 5) is 0. The molecule has 0 fully saturated rings. The molecule has 0 aliphatic rings. The van der Waals surface area contributed by atoms with Gasteiger partial charge in [0.2, 0.25) is 0 Å². The van der Waals surface area contributed by atoms with Gasteiger partial charge >= 0.3 is 0 Å². The fourth-order valence-corrected chi connectivity index (χ4v) is 2.10. The summed E-state index contributed by atoms with van der Waals surface area (Å²) in [5.41, 5.74) is 4.12. The van der Waals surface area contributed by atoms with Crippen molar-refractivity contribution < 1.29 is 4.74 Å². The first kappa shape index (κ1) is 14.1. The Labute approximate surface area is 119 Å². The van der Waals surface area contributed by atoms with Gasteiger partial charge in [-0.05, 0) is 30.2 Å². The summed E-state index contributed by atoms with van der Waals surface area (Å²) in [6, 6.07) is 17.8. The van der Waals surface area contributed by atoms with Crippen LogP contribution >= 0.6 is 0 Å². The molecule has 0 saturated carbocycles. The molecule has 0 spiro atoms. The molecule has 1 atom stereocenters. The van der Waals surface area contributed by atoms with E-state index >= 15 is 0 Å². The minimum Gasteiger partial charge on any atom is -0.380 e. The molecule has 3 heteroatoms. The van der Waals surface area contributed by atoms with E-state index in [1.54, 1.807) is 7.11 Å². The Balaban J connectivity index is 2.24. The lowest BCUT2D eigenvalue weighted by Gasteiger charge is -2.17. The third-order valence-corrected chi connectivity index (χ3v) is 3.16. The Kier molecular flexibility index (Phi) is 4.75. The van der Waals surface area contributed by atoms with Crippen LogP contribution in [0.3, 0.4) is 0 Å². The van der Waals surface area contributed by atoms with Crippen molar-refractivity contribution in [2.24, 2.45) is 0 Å². The number of methoxy groups -OCH3 is 1. The number of hydrogen-bond donors (Lipinski definition) is 1. The second-order valence-corrected chi connectivity index (χ2v) is 4.70. The topological polar surface area (TPSA) is 45.0 Å². The number of hydrogen-bond acceptors (Lipinski definition) is 3. The Bertz CT molecular complexity index is 599. The fraction of sp³-hybridized carbons (Fsp3) is 0.235. The molecule has 2 aromatic carbocycles. The SMILES string of the molecule is COCc1ccccc1C(C#N)Nc1ccc(C)cc1. The molecular formula is C17H18N2O. The highest BCUT2D eigenvalue weighted by Gasteiger charge is 2.14. The van der Waals surface area contributed by atoms with Gasteiger partial charge in [0.15, 0.2) is 0 Å². The number of rotatable bonds is 5. The highest BCUT2D eigenvalue weighted by Crippen LogP contribution is 2.23. The van der Waals surface area contributed by atoms with Gasteiger partial charge in [0, 0.05) is 12.8 Å². The summed E-state index contributed by atoms with van der Waals surface area (Å²) < 4.78 is 5.19. The average molecular weight is 266 g/mol. The lowest BCUT2D eigenvalue weighted by atomic mass is 10.0. The predicted octanol–water partition coefficient (Wildman–Crippen LogP) is 3.82. The van der Waals surface area contributed by atoms with Crippen LogP contribution in [-0.4, -0.2) is 7.11 Å². The summed E-state index contributed by atoms with van der Waals surface area (Å²) >= 11 is 0. The summed E-state index contributed by atoms with van der Waals surface area (Å²) in [6.45, 7) is 2.55. The second-order valence-electron chi connectivity index (χ2n) is 4.70. The van der Waals surface area contributed by atoms with Crippen LogP contribution in [0.5, 0.6) is 0 Å². The summed E-state index contributed by atoms with van der Waals surface area (Å²) in [5, 5.41) is 12.7. The molecule has 102 valence electrons. The number of nitrogens with one attached hydrogen (secondary N) is 1. The quantitative estimate of drug-likeness (QED) is 0.894. The Morgan fingerprint density at radius 1 is 1.15 bits per heavy atom. The maximum absolute atomic E-state index is 9.43. The smallest absolute Gasteiger partial charge is 0.140 e. The molecule has 0 bridgehead atoms. The van der Waals surface area contributed by atoms with Crippen LogP contribution in [0.15, 0.2) is 48.5 Å². The molecule has 0 amide bonds. The first-order valence-corrected chi connectivity index (χ1v) is 6.54. The van der Waals surface area contributed by atoms with Crippen molar-refractivity contribution in [3.8, 4) is 6.07 Å².